The molecule has 0 bridgehead atoms. The molecule has 1 aromatic rings. The summed E-state index contributed by atoms with van der Waals surface area (Å²) in [6.45, 7) is 8.89. The van der Waals surface area contributed by atoms with E-state index in [1.165, 1.54) is 48.7 Å². The predicted octanol–water partition coefficient (Wildman–Crippen LogP) is 2.60. The molecule has 1 fully saturated rings. The number of guanidine groups is 1. The molecule has 0 aliphatic carbocycles. The quantitative estimate of drug-likeness (QED) is 0.649. The molecule has 0 spiro atoms. The Morgan fingerprint density at radius 3 is 2.71 bits per heavy atom. The molecule has 1 aliphatic heterocycles. The van der Waals surface area contributed by atoms with Gasteiger partial charge in [-0.3, -0.25) is 4.99 Å². The maximum absolute atomic E-state index is 4.34. The van der Waals surface area contributed by atoms with Gasteiger partial charge in [-0.05, 0) is 44.9 Å². The molecular formula is C16H28N4S. The lowest BCUT2D eigenvalue weighted by Gasteiger charge is -2.32. The number of piperidine rings is 1. The van der Waals surface area contributed by atoms with Gasteiger partial charge in [-0.25, -0.2) is 0 Å². The van der Waals surface area contributed by atoms with Gasteiger partial charge in [0.2, 0.25) is 0 Å². The van der Waals surface area contributed by atoms with Crippen LogP contribution in [0, 0.1) is 6.92 Å². The van der Waals surface area contributed by atoms with Crippen LogP contribution in [0.3, 0.4) is 0 Å². The molecule has 2 N–H and O–H groups in total. The standard InChI is InChI=1S/C16H28N4S/c1-4-9-20-10-7-14(8-11-20)19-16(17-3)18-12-15-6-5-13(2)21-15/h5-6,14H,4,7-12H2,1-3H3,(H2,17,18,19). The van der Waals surface area contributed by atoms with Crippen LogP contribution in [0.2, 0.25) is 0 Å². The summed E-state index contributed by atoms with van der Waals surface area (Å²) in [5.41, 5.74) is 0. The summed E-state index contributed by atoms with van der Waals surface area (Å²) in [6.07, 6.45) is 3.67. The number of hydrogen-bond acceptors (Lipinski definition) is 3. The van der Waals surface area contributed by atoms with Gasteiger partial charge in [0, 0.05) is 35.9 Å². The van der Waals surface area contributed by atoms with Gasteiger partial charge in [0.1, 0.15) is 0 Å². The maximum Gasteiger partial charge on any atom is 0.191 e. The highest BCUT2D eigenvalue weighted by Gasteiger charge is 2.19. The Kier molecular flexibility index (Phi) is 6.51. The van der Waals surface area contributed by atoms with E-state index in [0.717, 1.165) is 12.5 Å². The summed E-state index contributed by atoms with van der Waals surface area (Å²) in [6, 6.07) is 4.90. The summed E-state index contributed by atoms with van der Waals surface area (Å²) < 4.78 is 0. The number of nitrogens with one attached hydrogen (secondary N) is 2. The molecule has 2 heterocycles. The lowest BCUT2D eigenvalue weighted by molar-refractivity contribution is 0.206. The first-order valence-corrected chi connectivity index (χ1v) is 8.77. The first-order valence-electron chi connectivity index (χ1n) is 7.96. The van der Waals surface area contributed by atoms with Crippen molar-refractivity contribution in [2.45, 2.75) is 45.7 Å². The van der Waals surface area contributed by atoms with Crippen LogP contribution in [0.5, 0.6) is 0 Å². The van der Waals surface area contributed by atoms with Crippen molar-refractivity contribution in [3.63, 3.8) is 0 Å². The van der Waals surface area contributed by atoms with Gasteiger partial charge in [0.25, 0.3) is 0 Å². The van der Waals surface area contributed by atoms with Crippen molar-refractivity contribution in [2.75, 3.05) is 26.7 Å². The molecule has 0 aromatic carbocycles. The summed E-state index contributed by atoms with van der Waals surface area (Å²) in [5, 5.41) is 6.98. The topological polar surface area (TPSA) is 39.7 Å². The van der Waals surface area contributed by atoms with E-state index in [9.17, 15) is 0 Å². The smallest absolute Gasteiger partial charge is 0.191 e. The molecule has 1 saturated heterocycles. The maximum atomic E-state index is 4.34. The molecular weight excluding hydrogens is 280 g/mol. The van der Waals surface area contributed by atoms with Gasteiger partial charge in [-0.2, -0.15) is 0 Å². The number of aliphatic imine (C=N–C) groups is 1. The SMILES string of the molecule is CCCN1CCC(NC(=NC)NCc2ccc(C)s2)CC1. The van der Waals surface area contributed by atoms with Crippen LogP contribution in [0.4, 0.5) is 0 Å². The van der Waals surface area contributed by atoms with E-state index in [4.69, 9.17) is 0 Å². The number of nitrogens with zero attached hydrogens (tertiary/aromatic N) is 2. The highest BCUT2D eigenvalue weighted by Crippen LogP contribution is 2.14. The number of thiophene rings is 1. The van der Waals surface area contributed by atoms with E-state index >= 15 is 0 Å². The second-order valence-corrected chi connectivity index (χ2v) is 7.07. The van der Waals surface area contributed by atoms with Crippen LogP contribution in [-0.4, -0.2) is 43.6 Å². The average Bonchev–Trinajstić information content (AvgIpc) is 2.91. The minimum atomic E-state index is 0.550. The zero-order chi connectivity index (χ0) is 15.1. The molecule has 2 rings (SSSR count). The molecule has 1 aromatic heterocycles. The summed E-state index contributed by atoms with van der Waals surface area (Å²) >= 11 is 1.84. The Labute approximate surface area is 132 Å². The largest absolute Gasteiger partial charge is 0.354 e. The molecule has 1 aliphatic rings. The summed E-state index contributed by atoms with van der Waals surface area (Å²) in [7, 11) is 1.85. The lowest BCUT2D eigenvalue weighted by Crippen LogP contribution is -2.48. The zero-order valence-corrected chi connectivity index (χ0v) is 14.3. The first kappa shape index (κ1) is 16.3. The van der Waals surface area contributed by atoms with E-state index in [1.807, 2.05) is 18.4 Å². The van der Waals surface area contributed by atoms with E-state index in [2.05, 4.69) is 46.5 Å². The van der Waals surface area contributed by atoms with Crippen molar-refractivity contribution in [1.82, 2.24) is 15.5 Å². The third kappa shape index (κ3) is 5.32. The van der Waals surface area contributed by atoms with Crippen molar-refractivity contribution in [2.24, 2.45) is 4.99 Å². The fourth-order valence-corrected chi connectivity index (χ4v) is 3.59. The van der Waals surface area contributed by atoms with Crippen LogP contribution < -0.4 is 10.6 Å². The Hall–Kier alpha value is -1.07. The molecule has 0 saturated carbocycles. The number of likely N-dealkylation sites (tertiary alicyclic amines) is 1. The third-order valence-corrected chi connectivity index (χ3v) is 4.92. The van der Waals surface area contributed by atoms with Crippen molar-refractivity contribution < 1.29 is 0 Å². The summed E-state index contributed by atoms with van der Waals surface area (Å²) in [5.74, 6) is 0.926. The van der Waals surface area contributed by atoms with Crippen LogP contribution in [0.1, 0.15) is 35.9 Å². The van der Waals surface area contributed by atoms with Crippen LogP contribution >= 0.6 is 11.3 Å². The van der Waals surface area contributed by atoms with Crippen LogP contribution in [0.15, 0.2) is 17.1 Å². The van der Waals surface area contributed by atoms with Crippen molar-refractivity contribution in [3.8, 4) is 0 Å². The van der Waals surface area contributed by atoms with Gasteiger partial charge in [-0.1, -0.05) is 6.92 Å². The first-order chi connectivity index (χ1) is 10.2. The molecule has 118 valence electrons. The molecule has 0 atom stereocenters. The van der Waals surface area contributed by atoms with Crippen LogP contribution in [-0.2, 0) is 6.54 Å². The van der Waals surface area contributed by atoms with Gasteiger partial charge in [0.05, 0.1) is 6.54 Å². The average molecular weight is 308 g/mol. The van der Waals surface area contributed by atoms with E-state index in [1.54, 1.807) is 0 Å². The normalized spacial score (nSPS) is 18.0. The zero-order valence-electron chi connectivity index (χ0n) is 13.5. The second-order valence-electron chi connectivity index (χ2n) is 5.70. The minimum absolute atomic E-state index is 0.550. The fraction of sp³-hybridized carbons (Fsp3) is 0.688. The number of aryl methyl sites for hydroxylation is 1. The Bertz CT molecular complexity index is 447. The van der Waals surface area contributed by atoms with Crippen molar-refractivity contribution >= 4 is 17.3 Å². The second kappa shape index (κ2) is 8.39. The van der Waals surface area contributed by atoms with Gasteiger partial charge >= 0.3 is 0 Å². The number of hydrogen-bond donors (Lipinski definition) is 2. The lowest BCUT2D eigenvalue weighted by atomic mass is 10.1. The fourth-order valence-electron chi connectivity index (χ4n) is 2.76. The molecule has 4 nitrogen and oxygen atoms in total. The molecule has 0 amide bonds. The Morgan fingerprint density at radius 2 is 2.14 bits per heavy atom. The Morgan fingerprint density at radius 1 is 1.38 bits per heavy atom. The predicted molar refractivity (Wildman–Crippen MR) is 92.1 cm³/mol. The van der Waals surface area contributed by atoms with Gasteiger partial charge < -0.3 is 15.5 Å². The van der Waals surface area contributed by atoms with Crippen molar-refractivity contribution in [3.05, 3.63) is 21.9 Å². The monoisotopic (exact) mass is 308 g/mol. The third-order valence-electron chi connectivity index (χ3n) is 3.92. The number of rotatable bonds is 5. The van der Waals surface area contributed by atoms with Gasteiger partial charge in [-0.15, -0.1) is 11.3 Å². The van der Waals surface area contributed by atoms with E-state index in [-0.39, 0.29) is 0 Å². The van der Waals surface area contributed by atoms with E-state index < -0.39 is 0 Å². The highest BCUT2D eigenvalue weighted by atomic mass is 32.1. The highest BCUT2D eigenvalue weighted by molar-refractivity contribution is 7.11. The van der Waals surface area contributed by atoms with Crippen LogP contribution in [0.25, 0.3) is 0 Å². The molecule has 5 heteroatoms. The molecule has 0 unspecified atom stereocenters. The van der Waals surface area contributed by atoms with E-state index in [0.29, 0.717) is 6.04 Å². The minimum Gasteiger partial charge on any atom is -0.354 e. The summed E-state index contributed by atoms with van der Waals surface area (Å²) in [4.78, 5) is 9.62. The molecule has 21 heavy (non-hydrogen) atoms. The molecule has 0 radical (unpaired) electrons. The van der Waals surface area contributed by atoms with Gasteiger partial charge in [0.15, 0.2) is 5.96 Å². The Balaban J connectivity index is 1.73. The van der Waals surface area contributed by atoms with Crippen molar-refractivity contribution in [1.29, 1.82) is 0 Å².